The molecule has 7 nitrogen and oxygen atoms in total. The molecule has 0 aromatic heterocycles. The number of nitrogens with zero attached hydrogens (tertiary/aromatic N) is 2. The number of para-hydroxylation sites is 1. The lowest BCUT2D eigenvalue weighted by Gasteiger charge is -2.17. The number of anilines is 1. The molecule has 1 N–H and O–H groups in total. The predicted molar refractivity (Wildman–Crippen MR) is 80.8 cm³/mol. The van der Waals surface area contributed by atoms with Crippen molar-refractivity contribution in [3.8, 4) is 0 Å². The molecule has 9 heteroatoms. The fourth-order valence-electron chi connectivity index (χ4n) is 1.63. The van der Waals surface area contributed by atoms with Crippen molar-refractivity contribution in [2.75, 3.05) is 38.0 Å². The van der Waals surface area contributed by atoms with Crippen molar-refractivity contribution in [1.82, 2.24) is 4.31 Å². The number of thioether (sulfide) groups is 1. The molecule has 1 rings (SSSR count). The van der Waals surface area contributed by atoms with Gasteiger partial charge in [0.15, 0.2) is 4.90 Å². The molecule has 112 valence electrons. The van der Waals surface area contributed by atoms with Gasteiger partial charge in [-0.25, -0.2) is 8.42 Å². The van der Waals surface area contributed by atoms with E-state index in [1.54, 1.807) is 0 Å². The van der Waals surface area contributed by atoms with Crippen LogP contribution in [0.25, 0.3) is 0 Å². The molecule has 0 fully saturated rings. The third kappa shape index (κ3) is 3.41. The largest absolute Gasteiger partial charge is 0.383 e. The van der Waals surface area contributed by atoms with Crippen LogP contribution in [0.5, 0.6) is 0 Å². The second kappa shape index (κ2) is 6.91. The molecule has 1 aromatic rings. The van der Waals surface area contributed by atoms with E-state index in [1.165, 1.54) is 44.1 Å². The summed E-state index contributed by atoms with van der Waals surface area (Å²) in [5, 5.41) is 13.8. The van der Waals surface area contributed by atoms with E-state index >= 15 is 0 Å². The lowest BCUT2D eigenvalue weighted by Crippen LogP contribution is -2.29. The minimum Gasteiger partial charge on any atom is -0.383 e. The van der Waals surface area contributed by atoms with Gasteiger partial charge in [-0.2, -0.15) is 16.1 Å². The molecule has 20 heavy (non-hydrogen) atoms. The standard InChI is InChI=1S/C11H17N3O4S2/c1-12-9-5-4-6-10(11(9)14(15)16)20(17,18)13(2)7-8-19-3/h4-6,12H,7-8H2,1-3H3. The van der Waals surface area contributed by atoms with Crippen molar-refractivity contribution in [1.29, 1.82) is 0 Å². The van der Waals surface area contributed by atoms with Crippen LogP contribution in [0.15, 0.2) is 23.1 Å². The highest BCUT2D eigenvalue weighted by Crippen LogP contribution is 2.33. The highest BCUT2D eigenvalue weighted by Gasteiger charge is 2.31. The van der Waals surface area contributed by atoms with E-state index in [-0.39, 0.29) is 10.6 Å². The summed E-state index contributed by atoms with van der Waals surface area (Å²) in [6.07, 6.45) is 1.87. The number of benzene rings is 1. The van der Waals surface area contributed by atoms with Crippen LogP contribution < -0.4 is 5.32 Å². The second-order valence-electron chi connectivity index (χ2n) is 3.98. The third-order valence-electron chi connectivity index (χ3n) is 2.75. The summed E-state index contributed by atoms with van der Waals surface area (Å²) in [5.41, 5.74) is -0.250. The topological polar surface area (TPSA) is 92.6 Å². The molecule has 0 atom stereocenters. The Balaban J connectivity index is 3.35. The van der Waals surface area contributed by atoms with Gasteiger partial charge >= 0.3 is 5.69 Å². The Morgan fingerprint density at radius 2 is 2.10 bits per heavy atom. The van der Waals surface area contributed by atoms with Crippen LogP contribution in [-0.2, 0) is 10.0 Å². The Morgan fingerprint density at radius 1 is 1.45 bits per heavy atom. The average Bonchev–Trinajstić information content (AvgIpc) is 2.43. The smallest absolute Gasteiger partial charge is 0.312 e. The Morgan fingerprint density at radius 3 is 2.60 bits per heavy atom. The van der Waals surface area contributed by atoms with Crippen LogP contribution >= 0.6 is 11.8 Å². The van der Waals surface area contributed by atoms with E-state index in [0.29, 0.717) is 12.3 Å². The van der Waals surface area contributed by atoms with Gasteiger partial charge in [-0.05, 0) is 18.4 Å². The zero-order chi connectivity index (χ0) is 15.3. The summed E-state index contributed by atoms with van der Waals surface area (Å²) in [7, 11) is -0.953. The molecule has 0 saturated carbocycles. The molecule has 0 aliphatic rings. The zero-order valence-corrected chi connectivity index (χ0v) is 13.1. The number of nitro groups is 1. The van der Waals surface area contributed by atoms with Crippen LogP contribution in [0.1, 0.15) is 0 Å². The van der Waals surface area contributed by atoms with Crippen LogP contribution in [0.3, 0.4) is 0 Å². The van der Waals surface area contributed by atoms with Gasteiger partial charge in [-0.15, -0.1) is 0 Å². The molecule has 0 amide bonds. The zero-order valence-electron chi connectivity index (χ0n) is 11.5. The molecule has 0 saturated heterocycles. The molecule has 0 heterocycles. The van der Waals surface area contributed by atoms with E-state index in [9.17, 15) is 18.5 Å². The molecule has 0 unspecified atom stereocenters. The van der Waals surface area contributed by atoms with Gasteiger partial charge in [-0.3, -0.25) is 10.1 Å². The third-order valence-corrected chi connectivity index (χ3v) is 5.23. The molecule has 1 aromatic carbocycles. The predicted octanol–water partition coefficient (Wildman–Crippen LogP) is 1.62. The summed E-state index contributed by atoms with van der Waals surface area (Å²) in [5.74, 6) is 0.620. The average molecular weight is 319 g/mol. The van der Waals surface area contributed by atoms with Crippen molar-refractivity contribution in [2.45, 2.75) is 4.90 Å². The quantitative estimate of drug-likeness (QED) is 0.606. The minimum absolute atomic E-state index is 0.175. The molecule has 0 aliphatic heterocycles. The first-order valence-electron chi connectivity index (χ1n) is 5.76. The maximum absolute atomic E-state index is 12.4. The lowest BCUT2D eigenvalue weighted by atomic mass is 10.3. The molecule has 0 aliphatic carbocycles. The molecule has 0 radical (unpaired) electrons. The van der Waals surface area contributed by atoms with E-state index in [2.05, 4.69) is 5.32 Å². The van der Waals surface area contributed by atoms with Crippen LogP contribution in [0, 0.1) is 10.1 Å². The summed E-state index contributed by atoms with van der Waals surface area (Å²) < 4.78 is 26.0. The fraction of sp³-hybridized carbons (Fsp3) is 0.455. The molecular weight excluding hydrogens is 302 g/mol. The Labute approximate surface area is 122 Å². The van der Waals surface area contributed by atoms with E-state index in [1.807, 2.05) is 6.26 Å². The van der Waals surface area contributed by atoms with E-state index < -0.39 is 20.6 Å². The second-order valence-corrected chi connectivity index (χ2v) is 6.98. The lowest BCUT2D eigenvalue weighted by molar-refractivity contribution is -0.386. The van der Waals surface area contributed by atoms with Crippen molar-refractivity contribution >= 4 is 33.2 Å². The number of nitro benzene ring substituents is 1. The van der Waals surface area contributed by atoms with Gasteiger partial charge in [0.2, 0.25) is 10.0 Å². The maximum atomic E-state index is 12.4. The first kappa shape index (κ1) is 16.7. The molecule has 0 spiro atoms. The number of nitrogens with one attached hydrogen (secondary N) is 1. The van der Waals surface area contributed by atoms with Crippen molar-refractivity contribution in [2.24, 2.45) is 0 Å². The summed E-state index contributed by atoms with van der Waals surface area (Å²) in [6.45, 7) is 0.296. The van der Waals surface area contributed by atoms with Gasteiger partial charge in [-0.1, -0.05) is 6.07 Å². The van der Waals surface area contributed by atoms with Gasteiger partial charge in [0.05, 0.1) is 4.92 Å². The van der Waals surface area contributed by atoms with Gasteiger partial charge in [0.1, 0.15) is 5.69 Å². The Bertz CT molecular complexity index is 589. The Hall–Kier alpha value is -1.32. The highest BCUT2D eigenvalue weighted by atomic mass is 32.2. The SMILES string of the molecule is CNc1cccc(S(=O)(=O)N(C)CCSC)c1[N+](=O)[O-]. The normalized spacial score (nSPS) is 11.6. The monoisotopic (exact) mass is 319 g/mol. The number of rotatable bonds is 7. The Kier molecular flexibility index (Phi) is 5.78. The summed E-state index contributed by atoms with van der Waals surface area (Å²) in [4.78, 5) is 10.2. The van der Waals surface area contributed by atoms with Crippen molar-refractivity contribution in [3.63, 3.8) is 0 Å². The number of hydrogen-bond donors (Lipinski definition) is 1. The van der Waals surface area contributed by atoms with Gasteiger partial charge in [0.25, 0.3) is 0 Å². The van der Waals surface area contributed by atoms with E-state index in [0.717, 1.165) is 4.31 Å². The highest BCUT2D eigenvalue weighted by molar-refractivity contribution is 7.98. The van der Waals surface area contributed by atoms with E-state index in [4.69, 9.17) is 0 Å². The van der Waals surface area contributed by atoms with Crippen molar-refractivity contribution in [3.05, 3.63) is 28.3 Å². The fourth-order valence-corrected chi connectivity index (χ4v) is 3.55. The first-order chi connectivity index (χ1) is 9.36. The first-order valence-corrected chi connectivity index (χ1v) is 8.60. The van der Waals surface area contributed by atoms with Crippen LogP contribution in [0.4, 0.5) is 11.4 Å². The van der Waals surface area contributed by atoms with Gasteiger partial charge < -0.3 is 5.32 Å². The summed E-state index contributed by atoms with van der Waals surface area (Å²) in [6, 6.07) is 4.21. The minimum atomic E-state index is -3.88. The van der Waals surface area contributed by atoms with Crippen LogP contribution in [0.2, 0.25) is 0 Å². The molecule has 0 bridgehead atoms. The van der Waals surface area contributed by atoms with Gasteiger partial charge in [0, 0.05) is 26.4 Å². The van der Waals surface area contributed by atoms with Crippen molar-refractivity contribution < 1.29 is 13.3 Å². The summed E-state index contributed by atoms with van der Waals surface area (Å²) >= 11 is 1.51. The maximum Gasteiger partial charge on any atom is 0.312 e. The van der Waals surface area contributed by atoms with Crippen LogP contribution in [-0.4, -0.2) is 50.3 Å². The number of hydrogen-bond acceptors (Lipinski definition) is 6. The number of sulfonamides is 1. The molecular formula is C11H17N3O4S2.